The molecule has 8 rings (SSSR count). The molecule has 40 heavy (non-hydrogen) atoms. The maximum Gasteiger partial charge on any atom is 0.123 e. The van der Waals surface area contributed by atoms with E-state index >= 15 is 0 Å². The molecule has 0 aliphatic heterocycles. The van der Waals surface area contributed by atoms with Crippen LogP contribution >= 0.6 is 22.7 Å². The van der Waals surface area contributed by atoms with Crippen molar-refractivity contribution < 1.29 is 0 Å². The van der Waals surface area contributed by atoms with Crippen LogP contribution in [0, 0.1) is 0 Å². The van der Waals surface area contributed by atoms with Gasteiger partial charge in [0.25, 0.3) is 0 Å². The van der Waals surface area contributed by atoms with Crippen LogP contribution in [-0.4, -0.2) is 9.97 Å². The zero-order valence-corrected chi connectivity index (χ0v) is 23.0. The van der Waals surface area contributed by atoms with Gasteiger partial charge >= 0.3 is 0 Å². The molecule has 2 aromatic heterocycles. The van der Waals surface area contributed by atoms with Crippen LogP contribution in [0.15, 0.2) is 132 Å². The molecule has 0 aliphatic rings. The minimum Gasteiger partial charge on any atom is -0.245 e. The van der Waals surface area contributed by atoms with Gasteiger partial charge in [0.1, 0.15) is 10.0 Å². The fraction of sp³-hybridized carbons (Fsp3) is 0. The Balaban J connectivity index is 1.44. The first-order valence-electron chi connectivity index (χ1n) is 13.2. The summed E-state index contributed by atoms with van der Waals surface area (Å²) in [5.41, 5.74) is 7.26. The van der Waals surface area contributed by atoms with Gasteiger partial charge in [0.15, 0.2) is 0 Å². The quantitative estimate of drug-likeness (QED) is 0.162. The molecule has 0 saturated heterocycles. The Labute approximate surface area is 239 Å². The van der Waals surface area contributed by atoms with Crippen molar-refractivity contribution in [3.05, 3.63) is 132 Å². The Kier molecular flexibility index (Phi) is 5.54. The number of nitrogens with zero attached hydrogens (tertiary/aromatic N) is 2. The van der Waals surface area contributed by atoms with E-state index in [9.17, 15) is 0 Å². The Bertz CT molecular complexity index is 2130. The lowest BCUT2D eigenvalue weighted by molar-refractivity contribution is 1.41. The molecular formula is C36H22N2S2. The summed E-state index contributed by atoms with van der Waals surface area (Å²) in [6, 6.07) is 39.9. The summed E-state index contributed by atoms with van der Waals surface area (Å²) in [4.78, 5) is 9.02. The highest BCUT2D eigenvalue weighted by atomic mass is 32.1. The van der Waals surface area contributed by atoms with Crippen molar-refractivity contribution in [2.45, 2.75) is 0 Å². The summed E-state index contributed by atoms with van der Waals surface area (Å²) in [6.07, 6.45) is 3.73. The largest absolute Gasteiger partial charge is 0.245 e. The predicted octanol–water partition coefficient (Wildman–Crippen LogP) is 10.7. The van der Waals surface area contributed by atoms with E-state index in [1.54, 1.807) is 22.7 Å². The molecule has 0 radical (unpaired) electrons. The van der Waals surface area contributed by atoms with E-state index in [4.69, 9.17) is 0 Å². The minimum atomic E-state index is 1.04. The van der Waals surface area contributed by atoms with Gasteiger partial charge in [0, 0.05) is 34.3 Å². The highest BCUT2D eigenvalue weighted by Crippen LogP contribution is 2.46. The molecule has 0 spiro atoms. The van der Waals surface area contributed by atoms with E-state index in [1.807, 2.05) is 23.2 Å². The van der Waals surface area contributed by atoms with Gasteiger partial charge in [-0.15, -0.1) is 22.7 Å². The van der Waals surface area contributed by atoms with Crippen molar-refractivity contribution in [3.63, 3.8) is 0 Å². The summed E-state index contributed by atoms with van der Waals surface area (Å²) < 4.78 is 0. The lowest BCUT2D eigenvalue weighted by atomic mass is 9.84. The van der Waals surface area contributed by atoms with Crippen LogP contribution in [0.4, 0.5) is 0 Å². The first kappa shape index (κ1) is 23.3. The van der Waals surface area contributed by atoms with E-state index in [1.165, 1.54) is 54.6 Å². The molecule has 2 nitrogen and oxygen atoms in total. The van der Waals surface area contributed by atoms with Crippen molar-refractivity contribution in [2.75, 3.05) is 0 Å². The summed E-state index contributed by atoms with van der Waals surface area (Å²) in [5.74, 6) is 0. The molecule has 0 fully saturated rings. The Morgan fingerprint density at radius 1 is 0.400 bits per heavy atom. The van der Waals surface area contributed by atoms with Gasteiger partial charge in [0.05, 0.1) is 0 Å². The molecular weight excluding hydrogens is 525 g/mol. The van der Waals surface area contributed by atoms with Crippen molar-refractivity contribution in [1.29, 1.82) is 0 Å². The molecule has 0 N–H and O–H groups in total. The molecule has 0 aliphatic carbocycles. The van der Waals surface area contributed by atoms with E-state index in [0.29, 0.717) is 0 Å². The Morgan fingerprint density at radius 2 is 0.900 bits per heavy atom. The number of aromatic nitrogens is 2. The average molecular weight is 547 g/mol. The molecule has 2 heterocycles. The summed E-state index contributed by atoms with van der Waals surface area (Å²) in [5, 5.41) is 13.7. The molecule has 0 amide bonds. The summed E-state index contributed by atoms with van der Waals surface area (Å²) >= 11 is 3.34. The summed E-state index contributed by atoms with van der Waals surface area (Å²) in [7, 11) is 0. The third-order valence-corrected chi connectivity index (χ3v) is 9.26. The zero-order chi connectivity index (χ0) is 26.5. The first-order valence-corrected chi connectivity index (χ1v) is 15.0. The number of benzene rings is 6. The van der Waals surface area contributed by atoms with Gasteiger partial charge in [-0.2, -0.15) is 0 Å². The van der Waals surface area contributed by atoms with Gasteiger partial charge in [-0.1, -0.05) is 109 Å². The van der Waals surface area contributed by atoms with Crippen LogP contribution in [0.1, 0.15) is 0 Å². The first-order chi connectivity index (χ1) is 19.8. The Hall–Kier alpha value is -4.64. The number of rotatable bonds is 4. The van der Waals surface area contributed by atoms with Crippen molar-refractivity contribution in [3.8, 4) is 43.4 Å². The van der Waals surface area contributed by atoms with Gasteiger partial charge < -0.3 is 0 Å². The SMILES string of the molecule is c1ccc2c(c1)ccc1c(-c3ccc(-c4nccs4)cc3)c3ccccc3c(-c3ccc(-c4nccs4)cc3)c12. The third-order valence-electron chi connectivity index (χ3n) is 7.62. The van der Waals surface area contributed by atoms with Gasteiger partial charge in [-0.3, -0.25) is 0 Å². The van der Waals surface area contributed by atoms with E-state index < -0.39 is 0 Å². The second kappa shape index (κ2) is 9.53. The number of fused-ring (bicyclic) bond motifs is 4. The topological polar surface area (TPSA) is 25.8 Å². The highest BCUT2D eigenvalue weighted by Gasteiger charge is 2.19. The van der Waals surface area contributed by atoms with Crippen LogP contribution in [0.25, 0.3) is 75.7 Å². The van der Waals surface area contributed by atoms with E-state index in [0.717, 1.165) is 21.1 Å². The molecule has 0 unspecified atom stereocenters. The van der Waals surface area contributed by atoms with Crippen molar-refractivity contribution in [2.24, 2.45) is 0 Å². The van der Waals surface area contributed by atoms with Crippen molar-refractivity contribution >= 4 is 55.0 Å². The monoisotopic (exact) mass is 546 g/mol. The maximum atomic E-state index is 4.51. The normalized spacial score (nSPS) is 11.5. The van der Waals surface area contributed by atoms with Gasteiger partial charge in [0.2, 0.25) is 0 Å². The number of thiazole rings is 2. The molecule has 4 heteroatoms. The fourth-order valence-electron chi connectivity index (χ4n) is 5.85. The van der Waals surface area contributed by atoms with Crippen LogP contribution in [0.2, 0.25) is 0 Å². The fourth-order valence-corrected chi connectivity index (χ4v) is 7.14. The second-order valence-corrected chi connectivity index (χ2v) is 11.6. The Morgan fingerprint density at radius 3 is 1.48 bits per heavy atom. The average Bonchev–Trinajstić information content (AvgIpc) is 3.76. The molecule has 0 saturated carbocycles. The molecule has 8 aromatic rings. The minimum absolute atomic E-state index is 1.04. The number of hydrogen-bond acceptors (Lipinski definition) is 4. The van der Waals surface area contributed by atoms with Crippen molar-refractivity contribution in [1.82, 2.24) is 9.97 Å². The van der Waals surface area contributed by atoms with Crippen LogP contribution < -0.4 is 0 Å². The third kappa shape index (κ3) is 3.76. The van der Waals surface area contributed by atoms with Gasteiger partial charge in [-0.05, 0) is 54.6 Å². The molecule has 188 valence electrons. The van der Waals surface area contributed by atoms with Gasteiger partial charge in [-0.25, -0.2) is 9.97 Å². The lowest BCUT2D eigenvalue weighted by Crippen LogP contribution is -1.92. The molecule has 0 atom stereocenters. The van der Waals surface area contributed by atoms with E-state index in [-0.39, 0.29) is 0 Å². The highest BCUT2D eigenvalue weighted by molar-refractivity contribution is 7.13. The van der Waals surface area contributed by atoms with Crippen LogP contribution in [0.5, 0.6) is 0 Å². The summed E-state index contributed by atoms with van der Waals surface area (Å²) in [6.45, 7) is 0. The number of hydrogen-bond donors (Lipinski definition) is 0. The maximum absolute atomic E-state index is 4.51. The van der Waals surface area contributed by atoms with Crippen LogP contribution in [0.3, 0.4) is 0 Å². The lowest BCUT2D eigenvalue weighted by Gasteiger charge is -2.19. The predicted molar refractivity (Wildman–Crippen MR) is 172 cm³/mol. The second-order valence-electron chi connectivity index (χ2n) is 9.83. The standard InChI is InChI=1S/C36H22N2S2/c1-2-6-28-23(5-1)17-18-31-32(24-9-13-26(14-10-24)35-37-19-21-39-35)29-7-3-4-8-30(29)33(34(28)31)25-11-15-27(16-12-25)36-38-20-22-40-36/h1-22H. The molecule has 6 aromatic carbocycles. The smallest absolute Gasteiger partial charge is 0.123 e. The van der Waals surface area contributed by atoms with Crippen LogP contribution in [-0.2, 0) is 0 Å². The zero-order valence-electron chi connectivity index (χ0n) is 21.4. The molecule has 0 bridgehead atoms. The van der Waals surface area contributed by atoms with E-state index in [2.05, 4.69) is 119 Å².